The van der Waals surface area contributed by atoms with E-state index in [0.29, 0.717) is 18.2 Å². The summed E-state index contributed by atoms with van der Waals surface area (Å²) in [6, 6.07) is 6.53. The van der Waals surface area contributed by atoms with Gasteiger partial charge in [-0.3, -0.25) is 4.79 Å². The molecule has 0 unspecified atom stereocenters. The van der Waals surface area contributed by atoms with Crippen molar-refractivity contribution in [3.63, 3.8) is 0 Å². The molecule has 0 aliphatic carbocycles. The Balaban J connectivity index is 2.22. The summed E-state index contributed by atoms with van der Waals surface area (Å²) in [7, 11) is 0. The number of hydrogen-bond donors (Lipinski definition) is 2. The Bertz CT molecular complexity index is 775. The van der Waals surface area contributed by atoms with E-state index in [9.17, 15) is 18.0 Å². The zero-order valence-electron chi connectivity index (χ0n) is 14.8. The Labute approximate surface area is 150 Å². The van der Waals surface area contributed by atoms with Gasteiger partial charge in [0.15, 0.2) is 0 Å². The fourth-order valence-corrected chi connectivity index (χ4v) is 2.27. The first-order valence-electron chi connectivity index (χ1n) is 8.24. The van der Waals surface area contributed by atoms with Gasteiger partial charge in [0.25, 0.3) is 5.91 Å². The predicted octanol–water partition coefficient (Wildman–Crippen LogP) is 4.32. The van der Waals surface area contributed by atoms with Gasteiger partial charge in [0, 0.05) is 12.2 Å². The predicted molar refractivity (Wildman–Crippen MR) is 93.3 cm³/mol. The molecule has 5 nitrogen and oxygen atoms in total. The minimum Gasteiger partial charge on any atom is -0.351 e. The van der Waals surface area contributed by atoms with Crippen LogP contribution in [0.1, 0.15) is 42.0 Å². The summed E-state index contributed by atoms with van der Waals surface area (Å²) in [6.07, 6.45) is -3.69. The lowest BCUT2D eigenvalue weighted by atomic mass is 10.1. The quantitative estimate of drug-likeness (QED) is 0.799. The summed E-state index contributed by atoms with van der Waals surface area (Å²) in [4.78, 5) is 20.3. The minimum absolute atomic E-state index is 0.0595. The number of benzene rings is 1. The molecule has 2 N–H and O–H groups in total. The highest BCUT2D eigenvalue weighted by Gasteiger charge is 2.33. The third kappa shape index (κ3) is 5.44. The Morgan fingerprint density at radius 2 is 1.88 bits per heavy atom. The van der Waals surface area contributed by atoms with E-state index in [1.54, 1.807) is 6.92 Å². The van der Waals surface area contributed by atoms with Crippen LogP contribution in [0.15, 0.2) is 30.3 Å². The van der Waals surface area contributed by atoms with Gasteiger partial charge in [0.05, 0.1) is 11.3 Å². The van der Waals surface area contributed by atoms with Crippen LogP contribution in [-0.4, -0.2) is 22.4 Å². The summed E-state index contributed by atoms with van der Waals surface area (Å²) >= 11 is 0. The van der Waals surface area contributed by atoms with Gasteiger partial charge in [-0.1, -0.05) is 26.0 Å². The van der Waals surface area contributed by atoms with Gasteiger partial charge in [-0.25, -0.2) is 9.97 Å². The van der Waals surface area contributed by atoms with Crippen molar-refractivity contribution in [1.29, 1.82) is 0 Å². The van der Waals surface area contributed by atoms with Crippen LogP contribution >= 0.6 is 0 Å². The summed E-state index contributed by atoms with van der Waals surface area (Å²) in [6.45, 7) is 6.23. The molecule has 0 radical (unpaired) electrons. The monoisotopic (exact) mass is 366 g/mol. The molecule has 0 saturated heterocycles. The van der Waals surface area contributed by atoms with Crippen LogP contribution in [0.4, 0.5) is 24.8 Å². The number of nitrogens with zero attached hydrogens (tertiary/aromatic N) is 2. The van der Waals surface area contributed by atoms with Crippen LogP contribution in [0, 0.1) is 12.8 Å². The maximum Gasteiger partial charge on any atom is 0.418 e. The number of carbonyl (C=O) groups excluding carboxylic acids is 1. The van der Waals surface area contributed by atoms with E-state index in [0.717, 1.165) is 12.5 Å². The van der Waals surface area contributed by atoms with Crippen molar-refractivity contribution in [2.24, 2.45) is 5.92 Å². The third-order valence-corrected chi connectivity index (χ3v) is 3.57. The number of rotatable bonds is 6. The lowest BCUT2D eigenvalue weighted by molar-refractivity contribution is -0.136. The fourth-order valence-electron chi connectivity index (χ4n) is 2.27. The standard InChI is InChI=1S/C18H21F3N4O/c1-11(2)8-9-22-16(26)15-10-12(3)23-17(25-15)24-14-7-5-4-6-13(14)18(19,20)21/h4-7,10-11H,8-9H2,1-3H3,(H,22,26)(H,23,24,25). The number of para-hydroxylation sites is 1. The molecule has 1 heterocycles. The maximum atomic E-state index is 13.1. The maximum absolute atomic E-state index is 13.1. The van der Waals surface area contributed by atoms with E-state index in [-0.39, 0.29) is 23.2 Å². The molecule has 1 aromatic heterocycles. The average molecular weight is 366 g/mol. The SMILES string of the molecule is Cc1cc(C(=O)NCCC(C)C)nc(Nc2ccccc2C(F)(F)F)n1. The molecular weight excluding hydrogens is 345 g/mol. The van der Waals surface area contributed by atoms with Crippen LogP contribution < -0.4 is 10.6 Å². The lowest BCUT2D eigenvalue weighted by Gasteiger charge is -2.14. The molecule has 8 heteroatoms. The molecule has 0 saturated carbocycles. The van der Waals surface area contributed by atoms with Crippen molar-refractivity contribution < 1.29 is 18.0 Å². The van der Waals surface area contributed by atoms with Crippen LogP contribution in [-0.2, 0) is 6.18 Å². The summed E-state index contributed by atoms with van der Waals surface area (Å²) in [5.41, 5.74) is -0.418. The normalized spacial score (nSPS) is 11.5. The molecule has 0 aliphatic heterocycles. The highest BCUT2D eigenvalue weighted by atomic mass is 19.4. The van der Waals surface area contributed by atoms with Gasteiger partial charge in [-0.05, 0) is 37.5 Å². The molecule has 2 aromatic rings. The first-order chi connectivity index (χ1) is 12.2. The molecule has 140 valence electrons. The largest absolute Gasteiger partial charge is 0.418 e. The summed E-state index contributed by atoms with van der Waals surface area (Å²) in [5, 5.41) is 5.31. The smallest absolute Gasteiger partial charge is 0.351 e. The van der Waals surface area contributed by atoms with Gasteiger partial charge < -0.3 is 10.6 Å². The number of alkyl halides is 3. The van der Waals surface area contributed by atoms with Crippen molar-refractivity contribution in [3.05, 3.63) is 47.3 Å². The van der Waals surface area contributed by atoms with Crippen LogP contribution in [0.5, 0.6) is 0 Å². The molecule has 0 bridgehead atoms. The van der Waals surface area contributed by atoms with Crippen molar-refractivity contribution >= 4 is 17.5 Å². The second-order valence-corrected chi connectivity index (χ2v) is 6.32. The average Bonchev–Trinajstić information content (AvgIpc) is 2.53. The minimum atomic E-state index is -4.51. The van der Waals surface area contributed by atoms with E-state index in [1.165, 1.54) is 24.3 Å². The number of amides is 1. The highest BCUT2D eigenvalue weighted by Crippen LogP contribution is 2.35. The van der Waals surface area contributed by atoms with E-state index >= 15 is 0 Å². The van der Waals surface area contributed by atoms with Crippen molar-refractivity contribution in [1.82, 2.24) is 15.3 Å². The van der Waals surface area contributed by atoms with Crippen LogP contribution in [0.3, 0.4) is 0 Å². The number of halogens is 3. The zero-order valence-corrected chi connectivity index (χ0v) is 14.8. The van der Waals surface area contributed by atoms with Crippen molar-refractivity contribution in [3.8, 4) is 0 Å². The van der Waals surface area contributed by atoms with E-state index in [4.69, 9.17) is 0 Å². The second-order valence-electron chi connectivity index (χ2n) is 6.32. The molecule has 0 spiro atoms. The first kappa shape index (κ1) is 19.7. The fraction of sp³-hybridized carbons (Fsp3) is 0.389. The number of carbonyl (C=O) groups is 1. The van der Waals surface area contributed by atoms with E-state index in [2.05, 4.69) is 20.6 Å². The molecule has 0 fully saturated rings. The summed E-state index contributed by atoms with van der Waals surface area (Å²) in [5.74, 6) is -0.00227. The molecule has 0 aliphatic rings. The Kier molecular flexibility index (Phi) is 6.18. The van der Waals surface area contributed by atoms with Crippen molar-refractivity contribution in [2.75, 3.05) is 11.9 Å². The molecule has 1 aromatic carbocycles. The van der Waals surface area contributed by atoms with Gasteiger partial charge in [-0.2, -0.15) is 13.2 Å². The Hall–Kier alpha value is -2.64. The molecule has 1 amide bonds. The number of aromatic nitrogens is 2. The number of anilines is 2. The van der Waals surface area contributed by atoms with Crippen LogP contribution in [0.25, 0.3) is 0 Å². The zero-order chi connectivity index (χ0) is 19.3. The van der Waals surface area contributed by atoms with Crippen LogP contribution in [0.2, 0.25) is 0 Å². The number of aryl methyl sites for hydroxylation is 1. The number of nitrogens with one attached hydrogen (secondary N) is 2. The summed E-state index contributed by atoms with van der Waals surface area (Å²) < 4.78 is 39.3. The molecular formula is C18H21F3N4O. The second kappa shape index (κ2) is 8.16. The molecule has 0 atom stereocenters. The van der Waals surface area contributed by atoms with Crippen molar-refractivity contribution in [2.45, 2.75) is 33.4 Å². The molecule has 26 heavy (non-hydrogen) atoms. The Morgan fingerprint density at radius 3 is 2.54 bits per heavy atom. The first-order valence-corrected chi connectivity index (χ1v) is 8.24. The Morgan fingerprint density at radius 1 is 1.19 bits per heavy atom. The topological polar surface area (TPSA) is 66.9 Å². The lowest BCUT2D eigenvalue weighted by Crippen LogP contribution is -2.26. The van der Waals surface area contributed by atoms with Gasteiger partial charge in [0.2, 0.25) is 5.95 Å². The molecule has 2 rings (SSSR count). The van der Waals surface area contributed by atoms with Gasteiger partial charge >= 0.3 is 6.18 Å². The van der Waals surface area contributed by atoms with E-state index < -0.39 is 11.7 Å². The number of hydrogen-bond acceptors (Lipinski definition) is 4. The highest BCUT2D eigenvalue weighted by molar-refractivity contribution is 5.92. The third-order valence-electron chi connectivity index (χ3n) is 3.57. The van der Waals surface area contributed by atoms with Gasteiger partial charge in [0.1, 0.15) is 5.69 Å². The van der Waals surface area contributed by atoms with Gasteiger partial charge in [-0.15, -0.1) is 0 Å². The van der Waals surface area contributed by atoms with E-state index in [1.807, 2.05) is 13.8 Å².